The lowest BCUT2D eigenvalue weighted by molar-refractivity contribution is -0.143. The molecule has 188 valence electrons. The van der Waals surface area contributed by atoms with Crippen molar-refractivity contribution >= 4 is 11.8 Å². The number of rotatable bonds is 10. The first-order valence-corrected chi connectivity index (χ1v) is 12.3. The average molecular weight is 493 g/mol. The van der Waals surface area contributed by atoms with Crippen molar-refractivity contribution in [2.24, 2.45) is 0 Å². The smallest absolute Gasteiger partial charge is 0.261 e. The molecule has 7 heteroatoms. The lowest BCUT2D eigenvalue weighted by atomic mass is 10.0. The summed E-state index contributed by atoms with van der Waals surface area (Å²) in [4.78, 5) is 28.4. The van der Waals surface area contributed by atoms with Gasteiger partial charge in [-0.25, -0.2) is 8.78 Å². The van der Waals surface area contributed by atoms with E-state index in [9.17, 15) is 18.4 Å². The number of nitrogens with zero attached hydrogens (tertiary/aromatic N) is 1. The number of ether oxygens (including phenoxy) is 1. The predicted octanol–water partition coefficient (Wildman–Crippen LogP) is 5.04. The van der Waals surface area contributed by atoms with E-state index in [1.165, 1.54) is 29.2 Å². The molecule has 2 amide bonds. The van der Waals surface area contributed by atoms with Crippen molar-refractivity contribution in [3.8, 4) is 5.75 Å². The van der Waals surface area contributed by atoms with Crippen LogP contribution < -0.4 is 10.1 Å². The fraction of sp³-hybridized carbons (Fsp3) is 0.310. The molecule has 1 N–H and O–H groups in total. The number of benzene rings is 3. The molecule has 0 heterocycles. The highest BCUT2D eigenvalue weighted by atomic mass is 19.1. The lowest BCUT2D eigenvalue weighted by Crippen LogP contribution is -2.53. The van der Waals surface area contributed by atoms with E-state index in [0.29, 0.717) is 0 Å². The first kappa shape index (κ1) is 25.4. The van der Waals surface area contributed by atoms with Crippen LogP contribution in [-0.2, 0) is 22.6 Å². The highest BCUT2D eigenvalue weighted by molar-refractivity contribution is 5.88. The molecule has 1 fully saturated rings. The normalized spacial score (nSPS) is 14.3. The molecule has 5 nitrogen and oxygen atoms in total. The molecular formula is C29H30F2N2O3. The lowest BCUT2D eigenvalue weighted by Gasteiger charge is -2.32. The van der Waals surface area contributed by atoms with Crippen molar-refractivity contribution in [1.29, 1.82) is 0 Å². The first-order chi connectivity index (χ1) is 17.5. The first-order valence-electron chi connectivity index (χ1n) is 12.3. The Morgan fingerprint density at radius 3 is 2.22 bits per heavy atom. The van der Waals surface area contributed by atoms with E-state index in [4.69, 9.17) is 4.74 Å². The van der Waals surface area contributed by atoms with Crippen LogP contribution in [0.5, 0.6) is 5.75 Å². The summed E-state index contributed by atoms with van der Waals surface area (Å²) in [5.74, 6) is -1.96. The second-order valence-corrected chi connectivity index (χ2v) is 9.03. The molecule has 1 atom stereocenters. The molecule has 0 radical (unpaired) electrons. The van der Waals surface area contributed by atoms with Crippen molar-refractivity contribution in [3.05, 3.63) is 102 Å². The van der Waals surface area contributed by atoms with Crippen LogP contribution in [0.3, 0.4) is 0 Å². The van der Waals surface area contributed by atoms with Crippen molar-refractivity contribution < 1.29 is 23.1 Å². The van der Waals surface area contributed by atoms with Gasteiger partial charge in [0.15, 0.2) is 18.2 Å². The fourth-order valence-electron chi connectivity index (χ4n) is 4.52. The Balaban J connectivity index is 1.63. The summed E-state index contributed by atoms with van der Waals surface area (Å²) >= 11 is 0. The van der Waals surface area contributed by atoms with Crippen molar-refractivity contribution in [3.63, 3.8) is 0 Å². The van der Waals surface area contributed by atoms with Gasteiger partial charge in [-0.3, -0.25) is 9.59 Å². The van der Waals surface area contributed by atoms with Crippen LogP contribution in [0.25, 0.3) is 0 Å². The summed E-state index contributed by atoms with van der Waals surface area (Å²) < 4.78 is 34.2. The average Bonchev–Trinajstić information content (AvgIpc) is 3.40. The van der Waals surface area contributed by atoms with Gasteiger partial charge < -0.3 is 15.0 Å². The third-order valence-corrected chi connectivity index (χ3v) is 6.46. The summed E-state index contributed by atoms with van der Waals surface area (Å²) in [7, 11) is 0. The Kier molecular flexibility index (Phi) is 8.66. The van der Waals surface area contributed by atoms with Crippen LogP contribution >= 0.6 is 0 Å². The summed E-state index contributed by atoms with van der Waals surface area (Å²) in [6.45, 7) is -0.612. The largest absolute Gasteiger partial charge is 0.481 e. The third kappa shape index (κ3) is 6.68. The molecule has 36 heavy (non-hydrogen) atoms. The van der Waals surface area contributed by atoms with Crippen LogP contribution in [0.1, 0.15) is 36.8 Å². The summed E-state index contributed by atoms with van der Waals surface area (Å²) in [6.07, 6.45) is 4.12. The van der Waals surface area contributed by atoms with Gasteiger partial charge in [-0.1, -0.05) is 73.5 Å². The van der Waals surface area contributed by atoms with E-state index in [0.717, 1.165) is 31.2 Å². The number of carbonyl (C=O) groups excluding carboxylic acids is 2. The number of carbonyl (C=O) groups is 2. The van der Waals surface area contributed by atoms with Crippen LogP contribution in [0.2, 0.25) is 0 Å². The van der Waals surface area contributed by atoms with E-state index >= 15 is 0 Å². The maximum atomic E-state index is 14.6. The highest BCUT2D eigenvalue weighted by Crippen LogP contribution is 2.21. The molecule has 1 aliphatic rings. The molecule has 0 aliphatic heterocycles. The topological polar surface area (TPSA) is 58.6 Å². The Morgan fingerprint density at radius 2 is 1.53 bits per heavy atom. The molecule has 1 aliphatic carbocycles. The minimum Gasteiger partial charge on any atom is -0.481 e. The Bertz CT molecular complexity index is 1170. The SMILES string of the molecule is O=C(NC1CCCC1)[C@H](Cc1ccccc1)N(Cc1ccccc1F)C(=O)COc1ccccc1F. The second kappa shape index (κ2) is 12.3. The Labute approximate surface area is 210 Å². The molecule has 3 aromatic carbocycles. The van der Waals surface area contributed by atoms with Gasteiger partial charge in [0.1, 0.15) is 11.9 Å². The van der Waals surface area contributed by atoms with Gasteiger partial charge in [0, 0.05) is 24.6 Å². The number of halogens is 2. The minimum absolute atomic E-state index is 0.0517. The molecule has 0 bridgehead atoms. The quantitative estimate of drug-likeness (QED) is 0.431. The van der Waals surface area contributed by atoms with Gasteiger partial charge in [0.2, 0.25) is 5.91 Å². The van der Waals surface area contributed by atoms with Gasteiger partial charge >= 0.3 is 0 Å². The standard InChI is InChI=1S/C29H30F2N2O3/c30-24-15-7-4-12-22(24)19-33(28(34)20-36-27-17-9-8-16-25(27)31)26(18-21-10-2-1-3-11-21)29(35)32-23-13-5-6-14-23/h1-4,7-12,15-17,23,26H,5-6,13-14,18-20H2,(H,32,35)/t26-/m0/s1. The van der Waals surface area contributed by atoms with Gasteiger partial charge in [0.25, 0.3) is 5.91 Å². The van der Waals surface area contributed by atoms with E-state index in [-0.39, 0.29) is 36.2 Å². The van der Waals surface area contributed by atoms with Crippen molar-refractivity contribution in [2.45, 2.75) is 50.7 Å². The van der Waals surface area contributed by atoms with Gasteiger partial charge in [-0.15, -0.1) is 0 Å². The minimum atomic E-state index is -0.899. The third-order valence-electron chi connectivity index (χ3n) is 6.46. The summed E-state index contributed by atoms with van der Waals surface area (Å²) in [6, 6.07) is 20.5. The monoisotopic (exact) mass is 492 g/mol. The van der Waals surface area contributed by atoms with Crippen LogP contribution in [0, 0.1) is 11.6 Å². The van der Waals surface area contributed by atoms with E-state index in [2.05, 4.69) is 5.32 Å². The molecule has 0 unspecified atom stereocenters. The number of amides is 2. The maximum Gasteiger partial charge on any atom is 0.261 e. The zero-order valence-electron chi connectivity index (χ0n) is 20.0. The Morgan fingerprint density at radius 1 is 0.889 bits per heavy atom. The van der Waals surface area contributed by atoms with Gasteiger partial charge in [-0.2, -0.15) is 0 Å². The Hall–Kier alpha value is -3.74. The van der Waals surface area contributed by atoms with Crippen LogP contribution in [-0.4, -0.2) is 35.4 Å². The molecule has 0 spiro atoms. The van der Waals surface area contributed by atoms with E-state index in [1.54, 1.807) is 24.3 Å². The van der Waals surface area contributed by atoms with Crippen molar-refractivity contribution in [2.75, 3.05) is 6.61 Å². The molecule has 3 aromatic rings. The highest BCUT2D eigenvalue weighted by Gasteiger charge is 2.33. The van der Waals surface area contributed by atoms with Gasteiger partial charge in [-0.05, 0) is 36.6 Å². The number of hydrogen-bond donors (Lipinski definition) is 1. The molecule has 0 aromatic heterocycles. The molecular weight excluding hydrogens is 462 g/mol. The number of hydrogen-bond acceptors (Lipinski definition) is 3. The van der Waals surface area contributed by atoms with Crippen LogP contribution in [0.15, 0.2) is 78.9 Å². The van der Waals surface area contributed by atoms with Crippen molar-refractivity contribution in [1.82, 2.24) is 10.2 Å². The molecule has 4 rings (SSSR count). The van der Waals surface area contributed by atoms with E-state index in [1.807, 2.05) is 30.3 Å². The predicted molar refractivity (Wildman–Crippen MR) is 133 cm³/mol. The molecule has 0 saturated heterocycles. The number of nitrogens with one attached hydrogen (secondary N) is 1. The zero-order chi connectivity index (χ0) is 25.3. The zero-order valence-corrected chi connectivity index (χ0v) is 20.0. The van der Waals surface area contributed by atoms with Crippen LogP contribution in [0.4, 0.5) is 8.78 Å². The van der Waals surface area contributed by atoms with Gasteiger partial charge in [0.05, 0.1) is 0 Å². The summed E-state index contributed by atoms with van der Waals surface area (Å²) in [5, 5.41) is 3.09. The second-order valence-electron chi connectivity index (χ2n) is 9.03. The number of para-hydroxylation sites is 1. The van der Waals surface area contributed by atoms with E-state index < -0.39 is 30.2 Å². The molecule has 1 saturated carbocycles. The summed E-state index contributed by atoms with van der Waals surface area (Å²) in [5.41, 5.74) is 1.15. The maximum absolute atomic E-state index is 14.6. The fourth-order valence-corrected chi connectivity index (χ4v) is 4.52.